The smallest absolute Gasteiger partial charge is 0.139 e. The van der Waals surface area contributed by atoms with E-state index in [-0.39, 0.29) is 0 Å². The molecule has 114 valence electrons. The zero-order valence-corrected chi connectivity index (χ0v) is 13.7. The molecule has 0 spiro atoms. The van der Waals surface area contributed by atoms with Gasteiger partial charge in [0.2, 0.25) is 0 Å². The number of aliphatic hydroxyl groups excluding tert-OH is 1. The summed E-state index contributed by atoms with van der Waals surface area (Å²) in [6.07, 6.45) is -0.424. The zero-order chi connectivity index (χ0) is 15.7. The van der Waals surface area contributed by atoms with Gasteiger partial charge in [0, 0.05) is 17.5 Å². The van der Waals surface area contributed by atoms with Gasteiger partial charge >= 0.3 is 0 Å². The topological polar surface area (TPSA) is 58.0 Å². The molecule has 0 saturated heterocycles. The summed E-state index contributed by atoms with van der Waals surface area (Å²) in [4.78, 5) is 10.0. The van der Waals surface area contributed by atoms with Crippen molar-refractivity contribution in [2.45, 2.75) is 26.9 Å². The van der Waals surface area contributed by atoms with Gasteiger partial charge in [-0.25, -0.2) is 9.97 Å². The molecular weight excluding hydrogens is 294 g/mol. The van der Waals surface area contributed by atoms with E-state index in [1.807, 2.05) is 6.92 Å². The SMILES string of the molecule is Cc1ccc(-c2csc3nc(C)nc(NCC(C)O)c23)cc1. The highest BCUT2D eigenvalue weighted by Crippen LogP contribution is 2.36. The third kappa shape index (κ3) is 2.96. The molecule has 0 aliphatic rings. The van der Waals surface area contributed by atoms with Gasteiger partial charge in [0.25, 0.3) is 0 Å². The molecular formula is C17H19N3OS. The molecule has 4 nitrogen and oxygen atoms in total. The van der Waals surface area contributed by atoms with Crippen molar-refractivity contribution in [1.29, 1.82) is 0 Å². The van der Waals surface area contributed by atoms with E-state index >= 15 is 0 Å². The van der Waals surface area contributed by atoms with Gasteiger partial charge in [0.1, 0.15) is 16.5 Å². The Morgan fingerprint density at radius 1 is 1.18 bits per heavy atom. The van der Waals surface area contributed by atoms with Gasteiger partial charge in [-0.2, -0.15) is 0 Å². The van der Waals surface area contributed by atoms with Gasteiger partial charge in [0.15, 0.2) is 0 Å². The van der Waals surface area contributed by atoms with Crippen LogP contribution in [0.5, 0.6) is 0 Å². The number of aromatic nitrogens is 2. The van der Waals surface area contributed by atoms with Crippen LogP contribution >= 0.6 is 11.3 Å². The summed E-state index contributed by atoms with van der Waals surface area (Å²) < 4.78 is 0. The first-order valence-electron chi connectivity index (χ1n) is 7.29. The molecule has 5 heteroatoms. The van der Waals surface area contributed by atoms with Gasteiger partial charge in [0.05, 0.1) is 11.5 Å². The maximum Gasteiger partial charge on any atom is 0.139 e. The molecule has 0 radical (unpaired) electrons. The van der Waals surface area contributed by atoms with Crippen LogP contribution in [0.1, 0.15) is 18.3 Å². The molecule has 2 heterocycles. The molecule has 1 atom stereocenters. The zero-order valence-electron chi connectivity index (χ0n) is 12.9. The third-order valence-electron chi connectivity index (χ3n) is 3.47. The number of hydrogen-bond donors (Lipinski definition) is 2. The second-order valence-corrected chi connectivity index (χ2v) is 6.40. The van der Waals surface area contributed by atoms with Crippen LogP contribution in [0.2, 0.25) is 0 Å². The molecule has 22 heavy (non-hydrogen) atoms. The number of anilines is 1. The van der Waals surface area contributed by atoms with Crippen LogP contribution in [-0.4, -0.2) is 27.7 Å². The number of aliphatic hydroxyl groups is 1. The fourth-order valence-corrected chi connectivity index (χ4v) is 3.36. The number of nitrogens with zero attached hydrogens (tertiary/aromatic N) is 2. The molecule has 2 aromatic heterocycles. The minimum absolute atomic E-state index is 0.424. The Bertz CT molecular complexity index is 794. The highest BCUT2D eigenvalue weighted by atomic mass is 32.1. The summed E-state index contributed by atoms with van der Waals surface area (Å²) in [6.45, 7) is 6.19. The largest absolute Gasteiger partial charge is 0.392 e. The van der Waals surface area contributed by atoms with Crippen molar-refractivity contribution in [3.63, 3.8) is 0 Å². The van der Waals surface area contributed by atoms with Crippen molar-refractivity contribution in [1.82, 2.24) is 9.97 Å². The highest BCUT2D eigenvalue weighted by molar-refractivity contribution is 7.17. The van der Waals surface area contributed by atoms with E-state index in [1.165, 1.54) is 5.56 Å². The van der Waals surface area contributed by atoms with Crippen molar-refractivity contribution >= 4 is 27.4 Å². The van der Waals surface area contributed by atoms with Crippen LogP contribution < -0.4 is 5.32 Å². The van der Waals surface area contributed by atoms with Crippen LogP contribution in [0.25, 0.3) is 21.3 Å². The Labute approximate surface area is 133 Å². The average Bonchev–Trinajstić information content (AvgIpc) is 2.89. The quantitative estimate of drug-likeness (QED) is 0.770. The molecule has 0 amide bonds. The Morgan fingerprint density at radius 3 is 2.59 bits per heavy atom. The van der Waals surface area contributed by atoms with Gasteiger partial charge in [-0.15, -0.1) is 11.3 Å². The Hall–Kier alpha value is -1.98. The lowest BCUT2D eigenvalue weighted by Gasteiger charge is -2.11. The predicted molar refractivity (Wildman–Crippen MR) is 92.5 cm³/mol. The van der Waals surface area contributed by atoms with Crippen LogP contribution in [0.3, 0.4) is 0 Å². The van der Waals surface area contributed by atoms with Crippen LogP contribution in [0.15, 0.2) is 29.6 Å². The lowest BCUT2D eigenvalue weighted by atomic mass is 10.0. The fraction of sp³-hybridized carbons (Fsp3) is 0.294. The normalized spacial score (nSPS) is 12.5. The van der Waals surface area contributed by atoms with E-state index in [0.29, 0.717) is 6.54 Å². The predicted octanol–water partition coefficient (Wildman–Crippen LogP) is 3.77. The van der Waals surface area contributed by atoms with E-state index in [2.05, 4.69) is 51.9 Å². The molecule has 0 fully saturated rings. The summed E-state index contributed by atoms with van der Waals surface area (Å²) >= 11 is 1.62. The summed E-state index contributed by atoms with van der Waals surface area (Å²) in [5, 5.41) is 15.9. The number of rotatable bonds is 4. The molecule has 3 rings (SSSR count). The first-order chi connectivity index (χ1) is 10.5. The minimum atomic E-state index is -0.424. The second-order valence-electron chi connectivity index (χ2n) is 5.54. The summed E-state index contributed by atoms with van der Waals surface area (Å²) in [5.74, 6) is 1.53. The first kappa shape index (κ1) is 14.9. The van der Waals surface area contributed by atoms with Crippen molar-refractivity contribution < 1.29 is 5.11 Å². The Kier molecular flexibility index (Phi) is 4.09. The molecule has 1 aromatic carbocycles. The Balaban J connectivity index is 2.13. The number of nitrogens with one attached hydrogen (secondary N) is 1. The molecule has 0 aliphatic carbocycles. The van der Waals surface area contributed by atoms with Crippen molar-refractivity contribution in [3.05, 3.63) is 41.0 Å². The molecule has 2 N–H and O–H groups in total. The van der Waals surface area contributed by atoms with Crippen LogP contribution in [0.4, 0.5) is 5.82 Å². The minimum Gasteiger partial charge on any atom is -0.392 e. The van der Waals surface area contributed by atoms with Crippen molar-refractivity contribution in [3.8, 4) is 11.1 Å². The summed E-state index contributed by atoms with van der Waals surface area (Å²) in [6, 6.07) is 8.46. The maximum absolute atomic E-state index is 9.52. The number of aryl methyl sites for hydroxylation is 2. The number of thiophene rings is 1. The van der Waals surface area contributed by atoms with E-state index < -0.39 is 6.10 Å². The van der Waals surface area contributed by atoms with E-state index in [0.717, 1.165) is 33.0 Å². The van der Waals surface area contributed by atoms with E-state index in [9.17, 15) is 5.11 Å². The first-order valence-corrected chi connectivity index (χ1v) is 8.17. The van der Waals surface area contributed by atoms with Gasteiger partial charge < -0.3 is 10.4 Å². The van der Waals surface area contributed by atoms with Crippen LogP contribution in [0, 0.1) is 13.8 Å². The summed E-state index contributed by atoms with van der Waals surface area (Å²) in [5.41, 5.74) is 3.53. The average molecular weight is 313 g/mol. The number of fused-ring (bicyclic) bond motifs is 1. The van der Waals surface area contributed by atoms with Gasteiger partial charge in [-0.05, 0) is 26.3 Å². The van der Waals surface area contributed by atoms with Gasteiger partial charge in [-0.3, -0.25) is 0 Å². The molecule has 0 saturated carbocycles. The van der Waals surface area contributed by atoms with Crippen molar-refractivity contribution in [2.24, 2.45) is 0 Å². The Morgan fingerprint density at radius 2 is 1.91 bits per heavy atom. The lowest BCUT2D eigenvalue weighted by molar-refractivity contribution is 0.208. The lowest BCUT2D eigenvalue weighted by Crippen LogP contribution is -2.16. The van der Waals surface area contributed by atoms with E-state index in [4.69, 9.17) is 0 Å². The van der Waals surface area contributed by atoms with Crippen LogP contribution in [-0.2, 0) is 0 Å². The fourth-order valence-electron chi connectivity index (χ4n) is 2.37. The summed E-state index contributed by atoms with van der Waals surface area (Å²) in [7, 11) is 0. The molecule has 0 bridgehead atoms. The standard InChI is InChI=1S/C17H19N3OS/c1-10-4-6-13(7-5-10)14-9-22-17-15(14)16(18-8-11(2)21)19-12(3)20-17/h4-7,9,11,21H,8H2,1-3H3,(H,18,19,20). The maximum atomic E-state index is 9.52. The highest BCUT2D eigenvalue weighted by Gasteiger charge is 2.14. The number of hydrogen-bond acceptors (Lipinski definition) is 5. The molecule has 1 unspecified atom stereocenters. The molecule has 0 aliphatic heterocycles. The molecule has 3 aromatic rings. The third-order valence-corrected chi connectivity index (χ3v) is 4.35. The second kappa shape index (κ2) is 6.02. The monoisotopic (exact) mass is 313 g/mol. The van der Waals surface area contributed by atoms with E-state index in [1.54, 1.807) is 18.3 Å². The number of benzene rings is 1. The van der Waals surface area contributed by atoms with Crippen molar-refractivity contribution in [2.75, 3.05) is 11.9 Å². The van der Waals surface area contributed by atoms with Gasteiger partial charge in [-0.1, -0.05) is 29.8 Å².